The van der Waals surface area contributed by atoms with Gasteiger partial charge >= 0.3 is 0 Å². The third-order valence-corrected chi connectivity index (χ3v) is 1.89. The highest BCUT2D eigenvalue weighted by molar-refractivity contribution is 5.91. The lowest BCUT2D eigenvalue weighted by Gasteiger charge is -2.01. The van der Waals surface area contributed by atoms with Crippen LogP contribution in [0.4, 0.5) is 0 Å². The molecular weight excluding hydrogens is 194 g/mol. The molecule has 1 N–H and O–H groups in total. The van der Waals surface area contributed by atoms with Crippen LogP contribution in [0, 0.1) is 0 Å². The third kappa shape index (κ3) is 2.40. The van der Waals surface area contributed by atoms with Gasteiger partial charge in [0.25, 0.3) is 5.91 Å². The predicted octanol–water partition coefficient (Wildman–Crippen LogP) is 1.000. The van der Waals surface area contributed by atoms with Crippen molar-refractivity contribution in [2.75, 3.05) is 0 Å². The Balaban J connectivity index is 1.92. The van der Waals surface area contributed by atoms with Crippen LogP contribution >= 0.6 is 0 Å². The Morgan fingerprint density at radius 3 is 2.80 bits per heavy atom. The quantitative estimate of drug-likeness (QED) is 0.808. The van der Waals surface area contributed by atoms with Crippen molar-refractivity contribution in [1.29, 1.82) is 0 Å². The molecule has 2 aromatic rings. The van der Waals surface area contributed by atoms with Crippen LogP contribution in [0.5, 0.6) is 0 Å². The van der Waals surface area contributed by atoms with Gasteiger partial charge in [-0.1, -0.05) is 35.5 Å². The number of aromatic nitrogens is 2. The van der Waals surface area contributed by atoms with Crippen molar-refractivity contribution in [2.45, 2.75) is 6.54 Å². The van der Waals surface area contributed by atoms with Crippen molar-refractivity contribution >= 4 is 5.91 Å². The molecule has 0 unspecified atom stereocenters. The molecule has 5 heteroatoms. The van der Waals surface area contributed by atoms with E-state index in [1.165, 1.54) is 6.20 Å². The van der Waals surface area contributed by atoms with E-state index in [0.717, 1.165) is 5.56 Å². The maximum absolute atomic E-state index is 11.4. The molecule has 0 bridgehead atoms. The van der Waals surface area contributed by atoms with E-state index in [1.54, 1.807) is 0 Å². The van der Waals surface area contributed by atoms with Crippen LogP contribution in [0.15, 0.2) is 41.2 Å². The molecule has 0 fully saturated rings. The summed E-state index contributed by atoms with van der Waals surface area (Å²) in [6, 6.07) is 9.62. The highest BCUT2D eigenvalue weighted by Gasteiger charge is 2.08. The number of hydrogen-bond donors (Lipinski definition) is 1. The van der Waals surface area contributed by atoms with Gasteiger partial charge in [-0.05, 0) is 10.7 Å². The van der Waals surface area contributed by atoms with Gasteiger partial charge in [0.2, 0.25) is 0 Å². The summed E-state index contributed by atoms with van der Waals surface area (Å²) in [6.45, 7) is 0.465. The van der Waals surface area contributed by atoms with Crippen LogP contribution in [0.3, 0.4) is 0 Å². The van der Waals surface area contributed by atoms with Crippen LogP contribution in [-0.4, -0.2) is 16.2 Å². The summed E-state index contributed by atoms with van der Waals surface area (Å²) in [5.41, 5.74) is 1.22. The molecule has 76 valence electrons. The molecule has 15 heavy (non-hydrogen) atoms. The number of carbonyl (C=O) groups is 1. The molecule has 0 radical (unpaired) electrons. The standard InChI is InChI=1S/C10H9N3O2/c14-10(9-7-12-15-13-9)11-6-8-4-2-1-3-5-8/h1-5,7H,6H2,(H,11,14). The van der Waals surface area contributed by atoms with Crippen molar-refractivity contribution in [2.24, 2.45) is 0 Å². The zero-order chi connectivity index (χ0) is 10.5. The van der Waals surface area contributed by atoms with Gasteiger partial charge in [-0.15, -0.1) is 0 Å². The van der Waals surface area contributed by atoms with Crippen molar-refractivity contribution in [3.05, 3.63) is 47.8 Å². The van der Waals surface area contributed by atoms with Gasteiger partial charge in [-0.25, -0.2) is 4.63 Å². The molecule has 1 amide bonds. The maximum Gasteiger partial charge on any atom is 0.275 e. The summed E-state index contributed by atoms with van der Waals surface area (Å²) in [7, 11) is 0. The first kappa shape index (κ1) is 9.39. The van der Waals surface area contributed by atoms with Gasteiger partial charge in [0.05, 0.1) is 0 Å². The van der Waals surface area contributed by atoms with Gasteiger partial charge < -0.3 is 5.32 Å². The zero-order valence-electron chi connectivity index (χ0n) is 7.88. The van der Waals surface area contributed by atoms with Crippen LogP contribution in [0.1, 0.15) is 16.1 Å². The summed E-state index contributed by atoms with van der Waals surface area (Å²) in [5, 5.41) is 9.48. The van der Waals surface area contributed by atoms with Gasteiger partial charge in [-0.3, -0.25) is 4.79 Å². The summed E-state index contributed by atoms with van der Waals surface area (Å²) < 4.78 is 4.33. The highest BCUT2D eigenvalue weighted by Crippen LogP contribution is 1.98. The van der Waals surface area contributed by atoms with Gasteiger partial charge in [0.15, 0.2) is 5.69 Å². The number of amides is 1. The predicted molar refractivity (Wildman–Crippen MR) is 51.9 cm³/mol. The Morgan fingerprint density at radius 1 is 1.33 bits per heavy atom. The molecule has 0 saturated heterocycles. The molecule has 1 aromatic carbocycles. The van der Waals surface area contributed by atoms with E-state index in [0.29, 0.717) is 6.54 Å². The minimum absolute atomic E-state index is 0.186. The van der Waals surface area contributed by atoms with E-state index in [2.05, 4.69) is 20.3 Å². The average Bonchev–Trinajstić information content (AvgIpc) is 2.81. The Bertz CT molecular complexity index is 425. The first-order valence-electron chi connectivity index (χ1n) is 4.46. The lowest BCUT2D eigenvalue weighted by atomic mass is 10.2. The van der Waals surface area contributed by atoms with Crippen LogP contribution < -0.4 is 5.32 Å². The second kappa shape index (κ2) is 4.36. The number of rotatable bonds is 3. The van der Waals surface area contributed by atoms with E-state index in [-0.39, 0.29) is 11.6 Å². The third-order valence-electron chi connectivity index (χ3n) is 1.89. The summed E-state index contributed by atoms with van der Waals surface area (Å²) in [4.78, 5) is 11.4. The van der Waals surface area contributed by atoms with Crippen molar-refractivity contribution in [3.8, 4) is 0 Å². The number of benzene rings is 1. The molecule has 1 heterocycles. The molecule has 0 aliphatic carbocycles. The largest absolute Gasteiger partial charge is 0.346 e. The highest BCUT2D eigenvalue weighted by atomic mass is 16.6. The molecular formula is C10H9N3O2. The normalized spacial score (nSPS) is 9.87. The number of hydrogen-bond acceptors (Lipinski definition) is 4. The maximum atomic E-state index is 11.4. The minimum Gasteiger partial charge on any atom is -0.346 e. The van der Waals surface area contributed by atoms with Crippen molar-refractivity contribution in [1.82, 2.24) is 15.6 Å². The Labute approximate surface area is 86.1 Å². The Morgan fingerprint density at radius 2 is 2.13 bits per heavy atom. The van der Waals surface area contributed by atoms with E-state index in [9.17, 15) is 4.79 Å². The second-order valence-electron chi connectivity index (χ2n) is 2.96. The van der Waals surface area contributed by atoms with E-state index in [4.69, 9.17) is 0 Å². The molecule has 2 rings (SSSR count). The Kier molecular flexibility index (Phi) is 2.73. The topological polar surface area (TPSA) is 68.0 Å². The van der Waals surface area contributed by atoms with Crippen LogP contribution in [0.2, 0.25) is 0 Å². The zero-order valence-corrected chi connectivity index (χ0v) is 7.88. The molecule has 0 spiro atoms. The summed E-state index contributed by atoms with van der Waals surface area (Å²) in [6.07, 6.45) is 1.28. The van der Waals surface area contributed by atoms with E-state index in [1.807, 2.05) is 30.3 Å². The van der Waals surface area contributed by atoms with Crippen LogP contribution in [0.25, 0.3) is 0 Å². The average molecular weight is 203 g/mol. The molecule has 0 atom stereocenters. The van der Waals surface area contributed by atoms with Gasteiger partial charge in [0, 0.05) is 6.54 Å². The van der Waals surface area contributed by atoms with Crippen molar-refractivity contribution < 1.29 is 9.42 Å². The van der Waals surface area contributed by atoms with Gasteiger partial charge in [0.1, 0.15) is 6.20 Å². The molecule has 0 saturated carbocycles. The van der Waals surface area contributed by atoms with E-state index >= 15 is 0 Å². The monoisotopic (exact) mass is 203 g/mol. The summed E-state index contributed by atoms with van der Waals surface area (Å²) >= 11 is 0. The number of nitrogens with zero attached hydrogens (tertiary/aromatic N) is 2. The SMILES string of the molecule is O=C(NCc1ccccc1)c1cnon1. The fourth-order valence-corrected chi connectivity index (χ4v) is 1.13. The first-order chi connectivity index (χ1) is 7.36. The fraction of sp³-hybridized carbons (Fsp3) is 0.100. The van der Waals surface area contributed by atoms with Gasteiger partial charge in [-0.2, -0.15) is 0 Å². The van der Waals surface area contributed by atoms with Crippen molar-refractivity contribution in [3.63, 3.8) is 0 Å². The minimum atomic E-state index is -0.292. The lowest BCUT2D eigenvalue weighted by Crippen LogP contribution is -2.22. The number of nitrogens with one attached hydrogen (secondary N) is 1. The number of carbonyl (C=O) groups excluding carboxylic acids is 1. The van der Waals surface area contributed by atoms with E-state index < -0.39 is 0 Å². The first-order valence-corrected chi connectivity index (χ1v) is 4.46. The summed E-state index contributed by atoms with van der Waals surface area (Å²) in [5.74, 6) is -0.292. The Hall–Kier alpha value is -2.17. The molecule has 0 aliphatic heterocycles. The molecule has 0 aliphatic rings. The smallest absolute Gasteiger partial charge is 0.275 e. The lowest BCUT2D eigenvalue weighted by molar-refractivity contribution is 0.0941. The fourth-order valence-electron chi connectivity index (χ4n) is 1.13. The molecule has 1 aromatic heterocycles. The molecule has 5 nitrogen and oxygen atoms in total. The second-order valence-corrected chi connectivity index (χ2v) is 2.96. The van der Waals surface area contributed by atoms with Crippen LogP contribution in [-0.2, 0) is 6.54 Å².